The van der Waals surface area contributed by atoms with E-state index in [9.17, 15) is 19.2 Å². The maximum absolute atomic E-state index is 9.82. The van der Waals surface area contributed by atoms with Crippen molar-refractivity contribution in [1.29, 1.82) is 0 Å². The maximum atomic E-state index is 9.82. The van der Waals surface area contributed by atoms with Crippen molar-refractivity contribution in [2.45, 2.75) is 55.4 Å². The van der Waals surface area contributed by atoms with E-state index in [-0.39, 0.29) is 29.4 Å². The first kappa shape index (κ1) is 34.2. The van der Waals surface area contributed by atoms with Gasteiger partial charge in [-0.25, -0.2) is 0 Å². The first-order chi connectivity index (χ1) is 11.1. The van der Waals surface area contributed by atoms with Crippen LogP contribution in [-0.4, -0.2) is 55.8 Å². The van der Waals surface area contributed by atoms with Crippen LogP contribution in [0.1, 0.15) is 55.4 Å². The molecule has 0 saturated heterocycles. The van der Waals surface area contributed by atoms with Gasteiger partial charge >= 0.3 is 23.9 Å². The molecular weight excluding hydrogens is 336 g/mol. The highest BCUT2D eigenvalue weighted by atomic mass is 16.5. The van der Waals surface area contributed by atoms with Gasteiger partial charge in [0.1, 0.15) is 0 Å². The first-order valence-electron chi connectivity index (χ1n) is 7.62. The highest BCUT2D eigenvalue weighted by molar-refractivity contribution is 5.66. The molecule has 0 fully saturated rings. The standard InChI is InChI=1S/4C4H8O2.H2O/c4*1-3-6-4(2)5;/h4*3H2,1-2H3;1H2. The van der Waals surface area contributed by atoms with Crippen LogP contribution in [0.4, 0.5) is 0 Å². The smallest absolute Gasteiger partial charge is 0.302 e. The van der Waals surface area contributed by atoms with Crippen molar-refractivity contribution < 1.29 is 43.6 Å². The molecule has 0 aromatic heterocycles. The number of ether oxygens (including phenoxy) is 4. The average molecular weight is 370 g/mol. The van der Waals surface area contributed by atoms with Gasteiger partial charge in [-0.15, -0.1) is 0 Å². The van der Waals surface area contributed by atoms with E-state index in [0.29, 0.717) is 26.4 Å². The maximum Gasteiger partial charge on any atom is 0.302 e. The lowest BCUT2D eigenvalue weighted by atomic mass is 10.8. The molecule has 0 aliphatic heterocycles. The van der Waals surface area contributed by atoms with Crippen molar-refractivity contribution in [3.05, 3.63) is 0 Å². The molecule has 0 amide bonds. The van der Waals surface area contributed by atoms with Crippen LogP contribution in [0, 0.1) is 0 Å². The van der Waals surface area contributed by atoms with Gasteiger partial charge in [-0.3, -0.25) is 19.2 Å². The number of carbonyl (C=O) groups excluding carboxylic acids is 4. The Morgan fingerprint density at radius 2 is 0.600 bits per heavy atom. The second kappa shape index (κ2) is 29.8. The summed E-state index contributed by atoms with van der Waals surface area (Å²) in [5.41, 5.74) is 0. The summed E-state index contributed by atoms with van der Waals surface area (Å²) in [4.78, 5) is 39.3. The quantitative estimate of drug-likeness (QED) is 0.535. The molecule has 0 bridgehead atoms. The third-order valence-corrected chi connectivity index (χ3v) is 1.39. The SMILES string of the molecule is CCOC(C)=O.CCOC(C)=O.CCOC(C)=O.CCOC(C)=O.O. The van der Waals surface area contributed by atoms with Crippen LogP contribution in [0.5, 0.6) is 0 Å². The van der Waals surface area contributed by atoms with Crippen LogP contribution >= 0.6 is 0 Å². The molecule has 0 radical (unpaired) electrons. The second-order valence-electron chi connectivity index (χ2n) is 3.70. The number of rotatable bonds is 4. The van der Waals surface area contributed by atoms with Crippen LogP contribution in [0.15, 0.2) is 0 Å². The van der Waals surface area contributed by atoms with Gasteiger partial charge in [0.25, 0.3) is 0 Å². The van der Waals surface area contributed by atoms with Crippen LogP contribution in [0.2, 0.25) is 0 Å². The average Bonchev–Trinajstić information content (AvgIpc) is 2.39. The fourth-order valence-electron chi connectivity index (χ4n) is 0.813. The lowest BCUT2D eigenvalue weighted by Gasteiger charge is -1.89. The van der Waals surface area contributed by atoms with E-state index >= 15 is 0 Å². The zero-order valence-corrected chi connectivity index (χ0v) is 16.6. The van der Waals surface area contributed by atoms with E-state index in [1.165, 1.54) is 27.7 Å². The number of carbonyl (C=O) groups is 4. The fraction of sp³-hybridized carbons (Fsp3) is 0.750. The third kappa shape index (κ3) is 88.8. The van der Waals surface area contributed by atoms with Crippen LogP contribution in [-0.2, 0) is 38.1 Å². The van der Waals surface area contributed by atoms with Crippen LogP contribution in [0.25, 0.3) is 0 Å². The predicted molar refractivity (Wildman–Crippen MR) is 92.8 cm³/mol. The Morgan fingerprint density at radius 3 is 0.600 bits per heavy atom. The number of hydrogen-bond acceptors (Lipinski definition) is 8. The Morgan fingerprint density at radius 1 is 0.480 bits per heavy atom. The fourth-order valence-corrected chi connectivity index (χ4v) is 0.813. The van der Waals surface area contributed by atoms with Gasteiger partial charge < -0.3 is 24.4 Å². The summed E-state index contributed by atoms with van der Waals surface area (Å²) < 4.78 is 17.6. The minimum atomic E-state index is -0.211. The molecule has 0 aromatic rings. The van der Waals surface area contributed by atoms with Gasteiger partial charge in [-0.05, 0) is 27.7 Å². The summed E-state index contributed by atoms with van der Waals surface area (Å²) in [5, 5.41) is 0. The van der Waals surface area contributed by atoms with E-state index in [0.717, 1.165) is 0 Å². The van der Waals surface area contributed by atoms with E-state index in [2.05, 4.69) is 18.9 Å². The normalized spacial score (nSPS) is 7.36. The molecule has 152 valence electrons. The summed E-state index contributed by atoms with van der Waals surface area (Å²) in [5.74, 6) is -0.843. The predicted octanol–water partition coefficient (Wildman–Crippen LogP) is 1.45. The molecule has 9 nitrogen and oxygen atoms in total. The summed E-state index contributed by atoms with van der Waals surface area (Å²) >= 11 is 0. The van der Waals surface area contributed by atoms with E-state index in [1.54, 1.807) is 27.7 Å². The molecule has 25 heavy (non-hydrogen) atoms. The molecule has 0 aliphatic carbocycles. The van der Waals surface area contributed by atoms with Crippen LogP contribution in [0.3, 0.4) is 0 Å². The van der Waals surface area contributed by atoms with E-state index in [4.69, 9.17) is 0 Å². The molecule has 0 heterocycles. The zero-order chi connectivity index (χ0) is 20.0. The molecule has 9 heteroatoms. The summed E-state index contributed by atoms with van der Waals surface area (Å²) in [6, 6.07) is 0. The largest absolute Gasteiger partial charge is 0.466 e. The minimum Gasteiger partial charge on any atom is -0.466 e. The first-order valence-corrected chi connectivity index (χ1v) is 7.62. The molecule has 0 spiro atoms. The van der Waals surface area contributed by atoms with Crippen molar-refractivity contribution in [2.75, 3.05) is 26.4 Å². The molecule has 0 aliphatic rings. The molecule has 0 rings (SSSR count). The summed E-state index contributed by atoms with van der Waals surface area (Å²) in [6.45, 7) is 14.6. The molecule has 0 unspecified atom stereocenters. The van der Waals surface area contributed by atoms with Crippen molar-refractivity contribution >= 4 is 23.9 Å². The van der Waals surface area contributed by atoms with Crippen molar-refractivity contribution in [3.63, 3.8) is 0 Å². The van der Waals surface area contributed by atoms with Gasteiger partial charge in [-0.1, -0.05) is 0 Å². The number of esters is 4. The van der Waals surface area contributed by atoms with Gasteiger partial charge in [-0.2, -0.15) is 0 Å². The zero-order valence-electron chi connectivity index (χ0n) is 16.6. The molecule has 0 atom stereocenters. The minimum absolute atomic E-state index is 0. The summed E-state index contributed by atoms with van der Waals surface area (Å²) in [6.07, 6.45) is 0. The molecule has 2 N–H and O–H groups in total. The molecule has 0 saturated carbocycles. The van der Waals surface area contributed by atoms with Gasteiger partial charge in [0, 0.05) is 27.7 Å². The Kier molecular flexibility index (Phi) is 40.8. The summed E-state index contributed by atoms with van der Waals surface area (Å²) in [7, 11) is 0. The Balaban J connectivity index is -0.0000000702. The molecule has 0 aromatic carbocycles. The highest BCUT2D eigenvalue weighted by Gasteiger charge is 1.83. The Hall–Kier alpha value is -2.16. The lowest BCUT2D eigenvalue weighted by Crippen LogP contribution is -1.95. The lowest BCUT2D eigenvalue weighted by molar-refractivity contribution is -0.141. The van der Waals surface area contributed by atoms with Gasteiger partial charge in [0.05, 0.1) is 26.4 Å². The number of hydrogen-bond donors (Lipinski definition) is 0. The van der Waals surface area contributed by atoms with Gasteiger partial charge in [0.15, 0.2) is 0 Å². The topological polar surface area (TPSA) is 137 Å². The Bertz CT molecular complexity index is 264. The molecular formula is C16H34O9. The Labute approximate surface area is 150 Å². The highest BCUT2D eigenvalue weighted by Crippen LogP contribution is 1.71. The van der Waals surface area contributed by atoms with Crippen molar-refractivity contribution in [1.82, 2.24) is 0 Å². The van der Waals surface area contributed by atoms with E-state index < -0.39 is 0 Å². The third-order valence-electron chi connectivity index (χ3n) is 1.39. The van der Waals surface area contributed by atoms with Crippen molar-refractivity contribution in [3.8, 4) is 0 Å². The van der Waals surface area contributed by atoms with E-state index in [1.807, 2.05) is 0 Å². The second-order valence-corrected chi connectivity index (χ2v) is 3.70. The van der Waals surface area contributed by atoms with Crippen molar-refractivity contribution in [2.24, 2.45) is 0 Å². The van der Waals surface area contributed by atoms with Crippen LogP contribution < -0.4 is 0 Å². The van der Waals surface area contributed by atoms with Gasteiger partial charge in [0.2, 0.25) is 0 Å². The monoisotopic (exact) mass is 370 g/mol.